The third-order valence-corrected chi connectivity index (χ3v) is 4.86. The summed E-state index contributed by atoms with van der Waals surface area (Å²) < 4.78 is 14.3. The molecule has 1 fully saturated rings. The van der Waals surface area contributed by atoms with Crippen molar-refractivity contribution >= 4 is 15.9 Å². The molecule has 1 aliphatic rings. The second-order valence-corrected chi connectivity index (χ2v) is 6.98. The minimum atomic E-state index is -0.154. The highest BCUT2D eigenvalue weighted by Gasteiger charge is 2.17. The number of hydrogen-bond donors (Lipinski definition) is 1. The molecule has 0 bridgehead atoms. The third-order valence-electron chi connectivity index (χ3n) is 4.41. The predicted octanol–water partition coefficient (Wildman–Crippen LogP) is 5.08. The van der Waals surface area contributed by atoms with Crippen molar-refractivity contribution in [2.75, 3.05) is 7.05 Å². The van der Waals surface area contributed by atoms with Crippen molar-refractivity contribution in [2.45, 2.75) is 57.4 Å². The lowest BCUT2D eigenvalue weighted by Crippen LogP contribution is -2.30. The highest BCUT2D eigenvalue weighted by molar-refractivity contribution is 9.10. The Balaban J connectivity index is 1.93. The standard InChI is InChI=1S/C17H25BrFN/c1-20-17(10-13-6-4-2-3-5-7-13)11-14-8-15(18)12-16(19)9-14/h8-9,12-13,17,20H,2-7,10-11H2,1H3. The third kappa shape index (κ3) is 5.17. The van der Waals surface area contributed by atoms with Crippen LogP contribution in [0.25, 0.3) is 0 Å². The van der Waals surface area contributed by atoms with Crippen molar-refractivity contribution < 1.29 is 4.39 Å². The lowest BCUT2D eigenvalue weighted by molar-refractivity contribution is 0.361. The van der Waals surface area contributed by atoms with Gasteiger partial charge in [0.2, 0.25) is 0 Å². The van der Waals surface area contributed by atoms with E-state index in [2.05, 4.69) is 21.2 Å². The fourth-order valence-electron chi connectivity index (χ4n) is 3.32. The van der Waals surface area contributed by atoms with Gasteiger partial charge in [-0.2, -0.15) is 0 Å². The minimum absolute atomic E-state index is 0.154. The van der Waals surface area contributed by atoms with Crippen LogP contribution in [-0.2, 0) is 6.42 Å². The molecule has 0 aliphatic heterocycles. The Morgan fingerprint density at radius 1 is 1.20 bits per heavy atom. The summed E-state index contributed by atoms with van der Waals surface area (Å²) in [6.45, 7) is 0. The van der Waals surface area contributed by atoms with E-state index in [1.165, 1.54) is 51.0 Å². The van der Waals surface area contributed by atoms with E-state index >= 15 is 0 Å². The first-order valence-electron chi connectivity index (χ1n) is 7.79. The van der Waals surface area contributed by atoms with Gasteiger partial charge in [-0.05, 0) is 49.6 Å². The van der Waals surface area contributed by atoms with Gasteiger partial charge < -0.3 is 5.32 Å². The van der Waals surface area contributed by atoms with E-state index in [1.807, 2.05) is 13.1 Å². The Kier molecular flexibility index (Phi) is 6.50. The number of benzene rings is 1. The molecule has 0 amide bonds. The molecule has 0 saturated heterocycles. The smallest absolute Gasteiger partial charge is 0.124 e. The average Bonchev–Trinajstić information content (AvgIpc) is 2.65. The van der Waals surface area contributed by atoms with Crippen molar-refractivity contribution in [1.82, 2.24) is 5.32 Å². The van der Waals surface area contributed by atoms with Gasteiger partial charge in [-0.25, -0.2) is 4.39 Å². The average molecular weight is 342 g/mol. The van der Waals surface area contributed by atoms with Crippen LogP contribution >= 0.6 is 15.9 Å². The topological polar surface area (TPSA) is 12.0 Å². The molecule has 0 spiro atoms. The molecule has 1 atom stereocenters. The minimum Gasteiger partial charge on any atom is -0.317 e. The number of hydrogen-bond acceptors (Lipinski definition) is 1. The highest BCUT2D eigenvalue weighted by Crippen LogP contribution is 2.27. The number of rotatable bonds is 5. The summed E-state index contributed by atoms with van der Waals surface area (Å²) in [5.41, 5.74) is 1.07. The van der Waals surface area contributed by atoms with E-state index in [4.69, 9.17) is 0 Å². The second-order valence-electron chi connectivity index (χ2n) is 6.06. The Labute approximate surface area is 130 Å². The first-order valence-corrected chi connectivity index (χ1v) is 8.59. The first-order chi connectivity index (χ1) is 9.67. The summed E-state index contributed by atoms with van der Waals surface area (Å²) in [7, 11) is 2.02. The summed E-state index contributed by atoms with van der Waals surface area (Å²) in [5, 5.41) is 3.42. The van der Waals surface area contributed by atoms with Crippen LogP contribution in [0.4, 0.5) is 4.39 Å². The largest absolute Gasteiger partial charge is 0.317 e. The van der Waals surface area contributed by atoms with Crippen LogP contribution in [0.2, 0.25) is 0 Å². The van der Waals surface area contributed by atoms with Crippen LogP contribution in [0.5, 0.6) is 0 Å². The molecule has 3 heteroatoms. The Hall–Kier alpha value is -0.410. The molecule has 20 heavy (non-hydrogen) atoms. The molecular formula is C17H25BrFN. The van der Waals surface area contributed by atoms with Gasteiger partial charge in [0.15, 0.2) is 0 Å². The van der Waals surface area contributed by atoms with Gasteiger partial charge in [0.25, 0.3) is 0 Å². The molecule has 1 aromatic rings. The summed E-state index contributed by atoms with van der Waals surface area (Å²) in [6.07, 6.45) is 10.4. The lowest BCUT2D eigenvalue weighted by Gasteiger charge is -2.22. The van der Waals surface area contributed by atoms with Gasteiger partial charge in [-0.15, -0.1) is 0 Å². The zero-order valence-electron chi connectivity index (χ0n) is 12.3. The van der Waals surface area contributed by atoms with Crippen LogP contribution in [-0.4, -0.2) is 13.1 Å². The Bertz CT molecular complexity index is 393. The Morgan fingerprint density at radius 2 is 1.90 bits per heavy atom. The molecule has 1 aromatic carbocycles. The van der Waals surface area contributed by atoms with E-state index in [-0.39, 0.29) is 5.82 Å². The zero-order valence-corrected chi connectivity index (χ0v) is 13.9. The van der Waals surface area contributed by atoms with Crippen LogP contribution in [0.1, 0.15) is 50.5 Å². The van der Waals surface area contributed by atoms with Crippen LogP contribution in [0, 0.1) is 11.7 Å². The van der Waals surface area contributed by atoms with Gasteiger partial charge in [0.1, 0.15) is 5.82 Å². The molecule has 112 valence electrons. The van der Waals surface area contributed by atoms with Crippen molar-refractivity contribution in [1.29, 1.82) is 0 Å². The molecule has 0 radical (unpaired) electrons. The molecular weight excluding hydrogens is 317 g/mol. The van der Waals surface area contributed by atoms with Crippen molar-refractivity contribution in [2.24, 2.45) is 5.92 Å². The highest BCUT2D eigenvalue weighted by atomic mass is 79.9. The number of halogens is 2. The molecule has 0 heterocycles. The predicted molar refractivity (Wildman–Crippen MR) is 86.5 cm³/mol. The summed E-state index contributed by atoms with van der Waals surface area (Å²) >= 11 is 3.37. The van der Waals surface area contributed by atoms with Gasteiger partial charge in [-0.3, -0.25) is 0 Å². The molecule has 1 saturated carbocycles. The maximum Gasteiger partial charge on any atom is 0.124 e. The molecule has 1 N–H and O–H groups in total. The molecule has 1 nitrogen and oxygen atoms in total. The van der Waals surface area contributed by atoms with Crippen molar-refractivity contribution in [3.05, 3.63) is 34.1 Å². The fourth-order valence-corrected chi connectivity index (χ4v) is 3.83. The molecule has 1 unspecified atom stereocenters. The van der Waals surface area contributed by atoms with Crippen molar-refractivity contribution in [3.8, 4) is 0 Å². The van der Waals surface area contributed by atoms with Crippen LogP contribution in [0.3, 0.4) is 0 Å². The first kappa shape index (κ1) is 16.0. The van der Waals surface area contributed by atoms with Gasteiger partial charge >= 0.3 is 0 Å². The Morgan fingerprint density at radius 3 is 2.50 bits per heavy atom. The SMILES string of the molecule is CNC(Cc1cc(F)cc(Br)c1)CC1CCCCCC1. The molecule has 1 aliphatic carbocycles. The van der Waals surface area contributed by atoms with E-state index in [0.717, 1.165) is 22.4 Å². The quantitative estimate of drug-likeness (QED) is 0.736. The number of nitrogens with one attached hydrogen (secondary N) is 1. The van der Waals surface area contributed by atoms with E-state index in [1.54, 1.807) is 6.07 Å². The van der Waals surface area contributed by atoms with E-state index in [9.17, 15) is 4.39 Å². The number of likely N-dealkylation sites (N-methyl/N-ethyl adjacent to an activating group) is 1. The summed E-state index contributed by atoms with van der Waals surface area (Å²) in [6, 6.07) is 5.65. The fraction of sp³-hybridized carbons (Fsp3) is 0.647. The second kappa shape index (κ2) is 8.14. The van der Waals surface area contributed by atoms with Crippen LogP contribution in [0.15, 0.2) is 22.7 Å². The lowest BCUT2D eigenvalue weighted by atomic mass is 9.90. The van der Waals surface area contributed by atoms with Crippen LogP contribution < -0.4 is 5.32 Å². The maximum atomic E-state index is 13.4. The monoisotopic (exact) mass is 341 g/mol. The van der Waals surface area contributed by atoms with Gasteiger partial charge in [0.05, 0.1) is 0 Å². The maximum absolute atomic E-state index is 13.4. The molecule has 0 aromatic heterocycles. The molecule has 2 rings (SSSR count). The van der Waals surface area contributed by atoms with Crippen molar-refractivity contribution in [3.63, 3.8) is 0 Å². The normalized spacial score (nSPS) is 18.8. The summed E-state index contributed by atoms with van der Waals surface area (Å²) in [4.78, 5) is 0. The van der Waals surface area contributed by atoms with Gasteiger partial charge in [-0.1, -0.05) is 54.5 Å². The van der Waals surface area contributed by atoms with E-state index in [0.29, 0.717) is 6.04 Å². The zero-order chi connectivity index (χ0) is 14.4. The van der Waals surface area contributed by atoms with E-state index < -0.39 is 0 Å². The summed E-state index contributed by atoms with van der Waals surface area (Å²) in [5.74, 6) is 0.686. The van der Waals surface area contributed by atoms with Gasteiger partial charge in [0, 0.05) is 10.5 Å².